The van der Waals surface area contributed by atoms with Crippen LogP contribution in [0.2, 0.25) is 5.15 Å². The monoisotopic (exact) mass is 357 g/mol. The molecule has 0 spiro atoms. The minimum absolute atomic E-state index is 0.192. The smallest absolute Gasteiger partial charge is 0.256 e. The summed E-state index contributed by atoms with van der Waals surface area (Å²) in [7, 11) is 0. The Morgan fingerprint density at radius 3 is 2.76 bits per heavy atom. The molecule has 0 bridgehead atoms. The van der Waals surface area contributed by atoms with Crippen molar-refractivity contribution in [2.75, 3.05) is 6.54 Å². The van der Waals surface area contributed by atoms with Crippen molar-refractivity contribution in [3.63, 3.8) is 0 Å². The van der Waals surface area contributed by atoms with Gasteiger partial charge < -0.3 is 5.32 Å². The second kappa shape index (κ2) is 7.98. The van der Waals surface area contributed by atoms with Crippen molar-refractivity contribution >= 4 is 17.5 Å². The summed E-state index contributed by atoms with van der Waals surface area (Å²) in [6, 6.07) is 11.8. The van der Waals surface area contributed by atoms with Crippen LogP contribution in [0.1, 0.15) is 28.0 Å². The maximum absolute atomic E-state index is 12.4. The van der Waals surface area contributed by atoms with Gasteiger partial charge in [0, 0.05) is 25.5 Å². The lowest BCUT2D eigenvalue weighted by molar-refractivity contribution is 0.0952. The Morgan fingerprint density at radius 1 is 1.24 bits per heavy atom. The first kappa shape index (κ1) is 17.2. The van der Waals surface area contributed by atoms with Crippen molar-refractivity contribution in [1.29, 1.82) is 0 Å². The minimum Gasteiger partial charge on any atom is -0.352 e. The minimum atomic E-state index is -0.192. The van der Waals surface area contributed by atoms with E-state index in [4.69, 9.17) is 11.6 Å². The Balaban J connectivity index is 1.60. The van der Waals surface area contributed by atoms with E-state index in [1.165, 1.54) is 0 Å². The number of carbonyl (C=O) groups is 1. The lowest BCUT2D eigenvalue weighted by Gasteiger charge is -2.06. The average Bonchev–Trinajstić information content (AvgIpc) is 3.21. The molecular weight excluding hydrogens is 338 g/mol. The van der Waals surface area contributed by atoms with Crippen LogP contribution in [0.15, 0.2) is 48.8 Å². The predicted molar refractivity (Wildman–Crippen MR) is 96.7 cm³/mol. The zero-order chi connectivity index (χ0) is 17.6. The number of benzene rings is 1. The van der Waals surface area contributed by atoms with Crippen molar-refractivity contribution in [1.82, 2.24) is 24.9 Å². The number of nitrogens with zero attached hydrogens (tertiary/aromatic N) is 4. The lowest BCUT2D eigenvalue weighted by Crippen LogP contribution is -2.26. The molecular formula is C18H20ClN5O. The van der Waals surface area contributed by atoms with E-state index in [-0.39, 0.29) is 5.91 Å². The highest BCUT2D eigenvalue weighted by Crippen LogP contribution is 2.20. The van der Waals surface area contributed by atoms with Crippen LogP contribution in [0.5, 0.6) is 0 Å². The summed E-state index contributed by atoms with van der Waals surface area (Å²) in [6.45, 7) is 3.64. The highest BCUT2D eigenvalue weighted by atomic mass is 35.5. The molecule has 0 atom stereocenters. The maximum atomic E-state index is 12.4. The molecule has 6 nitrogen and oxygen atoms in total. The van der Waals surface area contributed by atoms with Crippen molar-refractivity contribution in [2.24, 2.45) is 0 Å². The second-order valence-electron chi connectivity index (χ2n) is 5.77. The molecule has 3 aromatic rings. The topological polar surface area (TPSA) is 64.7 Å². The Bertz CT molecular complexity index is 827. The molecule has 1 amide bonds. The Morgan fingerprint density at radius 2 is 2.04 bits per heavy atom. The first-order valence-electron chi connectivity index (χ1n) is 8.17. The number of rotatable bonds is 7. The van der Waals surface area contributed by atoms with E-state index in [2.05, 4.69) is 15.5 Å². The number of aromatic nitrogens is 4. The standard InChI is InChI=1S/C18H20ClN5O/c1-14-16(18(25)20-9-5-11-23-12-6-10-21-23)17(19)24(22-14)13-15-7-3-2-4-8-15/h2-4,6-8,10,12H,5,9,11,13H2,1H3,(H,20,25). The third-order valence-electron chi connectivity index (χ3n) is 3.88. The predicted octanol–water partition coefficient (Wildman–Crippen LogP) is 2.91. The van der Waals surface area contributed by atoms with Gasteiger partial charge in [0.15, 0.2) is 0 Å². The molecule has 1 N–H and O–H groups in total. The molecule has 0 saturated heterocycles. The number of carbonyl (C=O) groups excluding carboxylic acids is 1. The fraction of sp³-hybridized carbons (Fsp3) is 0.278. The summed E-state index contributed by atoms with van der Waals surface area (Å²) in [5.74, 6) is -0.192. The van der Waals surface area contributed by atoms with Gasteiger partial charge in [0.25, 0.3) is 5.91 Å². The quantitative estimate of drug-likeness (QED) is 0.661. The van der Waals surface area contributed by atoms with Crippen LogP contribution in [0.3, 0.4) is 0 Å². The fourth-order valence-corrected chi connectivity index (χ4v) is 2.96. The Kier molecular flexibility index (Phi) is 5.50. The molecule has 2 heterocycles. The maximum Gasteiger partial charge on any atom is 0.256 e. The van der Waals surface area contributed by atoms with Crippen LogP contribution in [0.25, 0.3) is 0 Å². The fourth-order valence-electron chi connectivity index (χ4n) is 2.64. The summed E-state index contributed by atoms with van der Waals surface area (Å²) >= 11 is 6.39. The van der Waals surface area contributed by atoms with Gasteiger partial charge in [0.05, 0.1) is 17.8 Å². The van der Waals surface area contributed by atoms with Crippen molar-refractivity contribution < 1.29 is 4.79 Å². The number of hydrogen-bond acceptors (Lipinski definition) is 3. The summed E-state index contributed by atoms with van der Waals surface area (Å²) in [4.78, 5) is 12.4. The van der Waals surface area contributed by atoms with Crippen LogP contribution in [-0.2, 0) is 13.1 Å². The van der Waals surface area contributed by atoms with Gasteiger partial charge in [0.2, 0.25) is 0 Å². The van der Waals surface area contributed by atoms with Crippen LogP contribution >= 0.6 is 11.6 Å². The molecule has 0 aliphatic carbocycles. The molecule has 2 aromatic heterocycles. The van der Waals surface area contributed by atoms with E-state index < -0.39 is 0 Å². The van der Waals surface area contributed by atoms with Crippen molar-refractivity contribution in [3.05, 3.63) is 70.8 Å². The third-order valence-corrected chi connectivity index (χ3v) is 4.26. The van der Waals surface area contributed by atoms with Crippen molar-refractivity contribution in [2.45, 2.75) is 26.4 Å². The van der Waals surface area contributed by atoms with Gasteiger partial charge in [-0.15, -0.1) is 0 Å². The van der Waals surface area contributed by atoms with E-state index in [0.717, 1.165) is 18.5 Å². The molecule has 0 aliphatic rings. The molecule has 25 heavy (non-hydrogen) atoms. The van der Waals surface area contributed by atoms with Crippen LogP contribution < -0.4 is 5.32 Å². The van der Waals surface area contributed by atoms with Gasteiger partial charge in [-0.05, 0) is 25.0 Å². The Hall–Kier alpha value is -2.60. The molecule has 0 fully saturated rings. The van der Waals surface area contributed by atoms with Gasteiger partial charge in [-0.1, -0.05) is 41.9 Å². The van der Waals surface area contributed by atoms with Gasteiger partial charge in [-0.25, -0.2) is 4.68 Å². The SMILES string of the molecule is Cc1nn(Cc2ccccc2)c(Cl)c1C(=O)NCCCn1cccn1. The van der Waals surface area contributed by atoms with Gasteiger partial charge in [-0.3, -0.25) is 9.48 Å². The molecule has 3 rings (SSSR count). The summed E-state index contributed by atoms with van der Waals surface area (Å²) in [5, 5.41) is 11.8. The van der Waals surface area contributed by atoms with E-state index in [9.17, 15) is 4.79 Å². The van der Waals surface area contributed by atoms with E-state index in [1.807, 2.05) is 47.3 Å². The second-order valence-corrected chi connectivity index (χ2v) is 6.13. The largest absolute Gasteiger partial charge is 0.352 e. The molecule has 0 unspecified atom stereocenters. The van der Waals surface area contributed by atoms with Gasteiger partial charge in [-0.2, -0.15) is 10.2 Å². The number of amides is 1. The summed E-state index contributed by atoms with van der Waals surface area (Å²) in [6.07, 6.45) is 4.43. The van der Waals surface area contributed by atoms with Crippen LogP contribution in [0.4, 0.5) is 0 Å². The van der Waals surface area contributed by atoms with Crippen LogP contribution in [-0.4, -0.2) is 32.0 Å². The third kappa shape index (κ3) is 4.28. The number of nitrogens with one attached hydrogen (secondary N) is 1. The number of aryl methyl sites for hydroxylation is 2. The molecule has 0 radical (unpaired) electrons. The molecule has 0 aliphatic heterocycles. The summed E-state index contributed by atoms with van der Waals surface area (Å²) < 4.78 is 3.49. The van der Waals surface area contributed by atoms with E-state index in [1.54, 1.807) is 17.8 Å². The van der Waals surface area contributed by atoms with Crippen LogP contribution in [0, 0.1) is 6.92 Å². The zero-order valence-electron chi connectivity index (χ0n) is 14.0. The highest BCUT2D eigenvalue weighted by molar-refractivity contribution is 6.33. The molecule has 0 saturated carbocycles. The number of hydrogen-bond donors (Lipinski definition) is 1. The Labute approximate surface area is 151 Å². The summed E-state index contributed by atoms with van der Waals surface area (Å²) in [5.41, 5.74) is 2.15. The number of halogens is 1. The average molecular weight is 358 g/mol. The van der Waals surface area contributed by atoms with E-state index in [0.29, 0.717) is 29.5 Å². The molecule has 130 valence electrons. The van der Waals surface area contributed by atoms with Gasteiger partial charge >= 0.3 is 0 Å². The first-order valence-corrected chi connectivity index (χ1v) is 8.55. The first-order chi connectivity index (χ1) is 12.1. The molecule has 1 aromatic carbocycles. The van der Waals surface area contributed by atoms with Crippen molar-refractivity contribution in [3.8, 4) is 0 Å². The lowest BCUT2D eigenvalue weighted by atomic mass is 10.2. The van der Waals surface area contributed by atoms with E-state index >= 15 is 0 Å². The normalized spacial score (nSPS) is 10.8. The molecule has 7 heteroatoms. The van der Waals surface area contributed by atoms with Gasteiger partial charge in [0.1, 0.15) is 5.15 Å². The zero-order valence-corrected chi connectivity index (χ0v) is 14.8. The highest BCUT2D eigenvalue weighted by Gasteiger charge is 2.20.